The Kier molecular flexibility index (Phi) is 4.99. The standard InChI is InChI=1S/C12H12ClN3O4S2/c1-16(2)12-15-6(8(22-12)10(18)20-4)5-7(9(17)19-3)21-11(13)14-5/h1-4H3. The number of hydrogen-bond donors (Lipinski definition) is 0. The van der Waals surface area contributed by atoms with E-state index in [1.807, 2.05) is 0 Å². The van der Waals surface area contributed by atoms with Crippen molar-refractivity contribution in [2.45, 2.75) is 0 Å². The summed E-state index contributed by atoms with van der Waals surface area (Å²) in [5.74, 6) is -1.14. The number of rotatable bonds is 4. The van der Waals surface area contributed by atoms with Crippen molar-refractivity contribution in [1.29, 1.82) is 0 Å². The van der Waals surface area contributed by atoms with Crippen LogP contribution in [0.2, 0.25) is 4.47 Å². The molecule has 0 radical (unpaired) electrons. The second-order valence-electron chi connectivity index (χ2n) is 4.20. The highest BCUT2D eigenvalue weighted by Gasteiger charge is 2.28. The van der Waals surface area contributed by atoms with Gasteiger partial charge in [0.1, 0.15) is 21.1 Å². The average molecular weight is 362 g/mol. The quantitative estimate of drug-likeness (QED) is 0.774. The summed E-state index contributed by atoms with van der Waals surface area (Å²) in [6.45, 7) is 0. The maximum absolute atomic E-state index is 12.0. The van der Waals surface area contributed by atoms with Gasteiger partial charge in [-0.2, -0.15) is 0 Å². The predicted molar refractivity (Wildman–Crippen MR) is 85.2 cm³/mol. The fraction of sp³-hybridized carbons (Fsp3) is 0.333. The zero-order valence-electron chi connectivity index (χ0n) is 12.2. The smallest absolute Gasteiger partial charge is 0.350 e. The van der Waals surface area contributed by atoms with Crippen LogP contribution in [0.1, 0.15) is 19.3 Å². The van der Waals surface area contributed by atoms with Crippen molar-refractivity contribution < 1.29 is 19.1 Å². The Labute approximate surface area is 139 Å². The van der Waals surface area contributed by atoms with Crippen molar-refractivity contribution in [1.82, 2.24) is 9.97 Å². The molecule has 118 valence electrons. The minimum atomic E-state index is -0.588. The Morgan fingerprint density at radius 3 is 2.00 bits per heavy atom. The van der Waals surface area contributed by atoms with Gasteiger partial charge < -0.3 is 14.4 Å². The third kappa shape index (κ3) is 3.06. The van der Waals surface area contributed by atoms with E-state index in [1.54, 1.807) is 19.0 Å². The van der Waals surface area contributed by atoms with Gasteiger partial charge in [0.2, 0.25) is 0 Å². The molecule has 0 atom stereocenters. The second-order valence-corrected chi connectivity index (χ2v) is 6.76. The number of anilines is 1. The monoisotopic (exact) mass is 361 g/mol. The molecule has 0 aliphatic carbocycles. The highest BCUT2D eigenvalue weighted by atomic mass is 35.5. The minimum absolute atomic E-state index is 0.158. The summed E-state index contributed by atoms with van der Waals surface area (Å²) in [7, 11) is 6.11. The summed E-state index contributed by atoms with van der Waals surface area (Å²) < 4.78 is 9.64. The van der Waals surface area contributed by atoms with E-state index in [0.29, 0.717) is 5.13 Å². The Morgan fingerprint density at radius 1 is 1.00 bits per heavy atom. The van der Waals surface area contributed by atoms with Crippen molar-refractivity contribution in [3.8, 4) is 11.4 Å². The molecule has 0 unspecified atom stereocenters. The van der Waals surface area contributed by atoms with E-state index in [1.165, 1.54) is 14.2 Å². The molecule has 0 bridgehead atoms. The number of carbonyl (C=O) groups is 2. The Hall–Kier alpha value is -1.71. The summed E-state index contributed by atoms with van der Waals surface area (Å²) in [5.41, 5.74) is 0.468. The molecule has 7 nitrogen and oxygen atoms in total. The number of hydrogen-bond acceptors (Lipinski definition) is 9. The molecule has 0 saturated carbocycles. The first-order valence-electron chi connectivity index (χ1n) is 5.90. The SMILES string of the molecule is COC(=O)c1sc(Cl)nc1-c1nc(N(C)C)sc1C(=O)OC. The maximum atomic E-state index is 12.0. The van der Waals surface area contributed by atoms with Crippen LogP contribution in [0.4, 0.5) is 5.13 Å². The summed E-state index contributed by atoms with van der Waals surface area (Å²) >= 11 is 8.01. The summed E-state index contributed by atoms with van der Waals surface area (Å²) in [6.07, 6.45) is 0. The lowest BCUT2D eigenvalue weighted by molar-refractivity contribution is 0.0595. The van der Waals surface area contributed by atoms with E-state index < -0.39 is 11.9 Å². The first kappa shape index (κ1) is 16.7. The van der Waals surface area contributed by atoms with Crippen molar-refractivity contribution >= 4 is 51.3 Å². The largest absolute Gasteiger partial charge is 0.465 e. The zero-order chi connectivity index (χ0) is 16.4. The fourth-order valence-electron chi connectivity index (χ4n) is 1.58. The van der Waals surface area contributed by atoms with Gasteiger partial charge in [0, 0.05) is 14.1 Å². The predicted octanol–water partition coefficient (Wildman–Crippen LogP) is 2.56. The van der Waals surface area contributed by atoms with Crippen LogP contribution in [0.3, 0.4) is 0 Å². The molecule has 0 amide bonds. The van der Waals surface area contributed by atoms with E-state index in [9.17, 15) is 9.59 Å². The van der Waals surface area contributed by atoms with E-state index in [-0.39, 0.29) is 25.6 Å². The molecule has 0 aliphatic rings. The molecule has 0 aliphatic heterocycles. The molecule has 0 fully saturated rings. The van der Waals surface area contributed by atoms with Gasteiger partial charge >= 0.3 is 11.9 Å². The van der Waals surface area contributed by atoms with Crippen molar-refractivity contribution in [3.05, 3.63) is 14.2 Å². The van der Waals surface area contributed by atoms with Gasteiger partial charge in [0.05, 0.1) is 14.2 Å². The highest BCUT2D eigenvalue weighted by molar-refractivity contribution is 7.19. The average Bonchev–Trinajstić information content (AvgIpc) is 3.09. The Morgan fingerprint density at radius 2 is 1.50 bits per heavy atom. The third-order valence-electron chi connectivity index (χ3n) is 2.57. The van der Waals surface area contributed by atoms with Crippen molar-refractivity contribution in [2.24, 2.45) is 0 Å². The van der Waals surface area contributed by atoms with Crippen LogP contribution in [-0.4, -0.2) is 50.2 Å². The van der Waals surface area contributed by atoms with Gasteiger partial charge in [-0.05, 0) is 0 Å². The molecule has 10 heteroatoms. The van der Waals surface area contributed by atoms with Gasteiger partial charge in [0.25, 0.3) is 0 Å². The fourth-order valence-corrected chi connectivity index (χ4v) is 3.51. The molecular formula is C12H12ClN3O4S2. The summed E-state index contributed by atoms with van der Waals surface area (Å²) in [6, 6.07) is 0. The van der Waals surface area contributed by atoms with Gasteiger partial charge in [0.15, 0.2) is 9.60 Å². The molecule has 22 heavy (non-hydrogen) atoms. The number of thiazole rings is 2. The maximum Gasteiger partial charge on any atom is 0.350 e. The molecule has 2 aromatic rings. The van der Waals surface area contributed by atoms with Crippen LogP contribution in [0.25, 0.3) is 11.4 Å². The van der Waals surface area contributed by atoms with Gasteiger partial charge in [-0.1, -0.05) is 34.3 Å². The van der Waals surface area contributed by atoms with E-state index in [0.717, 1.165) is 22.7 Å². The van der Waals surface area contributed by atoms with Crippen LogP contribution in [0.15, 0.2) is 0 Å². The molecule has 2 heterocycles. The van der Waals surface area contributed by atoms with Gasteiger partial charge in [-0.15, -0.1) is 0 Å². The summed E-state index contributed by atoms with van der Waals surface area (Å²) in [4.78, 5) is 34.4. The molecule has 2 aromatic heterocycles. The number of esters is 2. The van der Waals surface area contributed by atoms with Crippen LogP contribution < -0.4 is 4.90 Å². The molecule has 0 spiro atoms. The van der Waals surface area contributed by atoms with Crippen molar-refractivity contribution in [2.75, 3.05) is 33.2 Å². The zero-order valence-corrected chi connectivity index (χ0v) is 14.6. The number of aromatic nitrogens is 2. The first-order valence-corrected chi connectivity index (χ1v) is 7.91. The van der Waals surface area contributed by atoms with Crippen LogP contribution in [-0.2, 0) is 9.47 Å². The number of halogens is 1. The minimum Gasteiger partial charge on any atom is -0.465 e. The number of carbonyl (C=O) groups excluding carboxylic acids is 2. The first-order chi connectivity index (χ1) is 10.4. The number of nitrogens with zero attached hydrogens (tertiary/aromatic N) is 3. The van der Waals surface area contributed by atoms with Crippen LogP contribution in [0.5, 0.6) is 0 Å². The number of methoxy groups -OCH3 is 2. The summed E-state index contributed by atoms with van der Waals surface area (Å²) in [5, 5.41) is 0.579. The Balaban J connectivity index is 2.66. The normalized spacial score (nSPS) is 10.4. The lowest BCUT2D eigenvalue weighted by Crippen LogP contribution is -2.08. The topological polar surface area (TPSA) is 81.6 Å². The Bertz CT molecular complexity index is 726. The third-order valence-corrected chi connectivity index (χ3v) is 4.91. The molecular weight excluding hydrogens is 350 g/mol. The molecule has 0 N–H and O–H groups in total. The molecule has 2 rings (SSSR count). The second kappa shape index (κ2) is 6.59. The van der Waals surface area contributed by atoms with Crippen LogP contribution in [0, 0.1) is 0 Å². The van der Waals surface area contributed by atoms with Crippen LogP contribution >= 0.6 is 34.3 Å². The number of ether oxygens (including phenoxy) is 2. The van der Waals surface area contributed by atoms with E-state index in [2.05, 4.69) is 9.97 Å². The van der Waals surface area contributed by atoms with Crippen molar-refractivity contribution in [3.63, 3.8) is 0 Å². The molecule has 0 aromatic carbocycles. The van der Waals surface area contributed by atoms with E-state index >= 15 is 0 Å². The lowest BCUT2D eigenvalue weighted by Gasteiger charge is -2.05. The van der Waals surface area contributed by atoms with Gasteiger partial charge in [-0.3, -0.25) is 0 Å². The van der Waals surface area contributed by atoms with E-state index in [4.69, 9.17) is 21.1 Å². The van der Waals surface area contributed by atoms with Gasteiger partial charge in [-0.25, -0.2) is 19.6 Å². The molecule has 0 saturated heterocycles. The highest BCUT2D eigenvalue weighted by Crippen LogP contribution is 2.37. The lowest BCUT2D eigenvalue weighted by atomic mass is 10.2.